The lowest BCUT2D eigenvalue weighted by Gasteiger charge is -2.12. The van der Waals surface area contributed by atoms with Crippen LogP contribution in [0.5, 0.6) is 5.75 Å². The van der Waals surface area contributed by atoms with E-state index >= 15 is 0 Å². The number of aromatic nitrogens is 1. The van der Waals surface area contributed by atoms with Gasteiger partial charge in [0.1, 0.15) is 11.9 Å². The zero-order valence-corrected chi connectivity index (χ0v) is 11.9. The topological polar surface area (TPSA) is 91.2 Å². The maximum Gasteiger partial charge on any atom is 0.250 e. The van der Waals surface area contributed by atoms with E-state index in [-0.39, 0.29) is 6.10 Å². The molecule has 1 amide bonds. The summed E-state index contributed by atoms with van der Waals surface area (Å²) in [6.45, 7) is 0.413. The predicted molar refractivity (Wildman–Crippen MR) is 80.4 cm³/mol. The molecule has 2 heterocycles. The van der Waals surface area contributed by atoms with Crippen molar-refractivity contribution in [1.82, 2.24) is 4.98 Å². The van der Waals surface area contributed by atoms with Crippen molar-refractivity contribution in [3.05, 3.63) is 46.6 Å². The van der Waals surface area contributed by atoms with Crippen LogP contribution in [-0.4, -0.2) is 23.5 Å². The number of benzene rings is 1. The van der Waals surface area contributed by atoms with Crippen molar-refractivity contribution in [3.63, 3.8) is 0 Å². The highest BCUT2D eigenvalue weighted by atomic mass is 35.5. The summed E-state index contributed by atoms with van der Waals surface area (Å²) in [7, 11) is 0. The minimum Gasteiger partial charge on any atom is -0.488 e. The zero-order chi connectivity index (χ0) is 15.0. The first-order valence-corrected chi connectivity index (χ1v) is 6.92. The van der Waals surface area contributed by atoms with Gasteiger partial charge in [-0.05, 0) is 24.3 Å². The highest BCUT2D eigenvalue weighted by Crippen LogP contribution is 2.41. The molecule has 21 heavy (non-hydrogen) atoms. The van der Waals surface area contributed by atoms with Gasteiger partial charge < -0.3 is 16.2 Å². The minimum absolute atomic E-state index is 0.0852. The summed E-state index contributed by atoms with van der Waals surface area (Å²) in [6, 6.07) is 6.88. The van der Waals surface area contributed by atoms with Crippen molar-refractivity contribution in [1.29, 1.82) is 0 Å². The number of carbonyl (C=O) groups excluding carboxylic acids is 1. The van der Waals surface area contributed by atoms with Gasteiger partial charge in [-0.15, -0.1) is 0 Å². The number of amides is 1. The van der Waals surface area contributed by atoms with Crippen molar-refractivity contribution in [3.8, 4) is 17.0 Å². The molecule has 1 unspecified atom stereocenters. The predicted octanol–water partition coefficient (Wildman–Crippen LogP) is 1.76. The molecule has 0 radical (unpaired) electrons. The van der Waals surface area contributed by atoms with E-state index in [2.05, 4.69) is 4.98 Å². The number of hydrogen-bond donors (Lipinski definition) is 2. The Morgan fingerprint density at radius 3 is 3.00 bits per heavy atom. The van der Waals surface area contributed by atoms with Crippen LogP contribution in [0.2, 0.25) is 5.02 Å². The Morgan fingerprint density at radius 1 is 1.48 bits per heavy atom. The number of ether oxygens (including phenoxy) is 1. The summed E-state index contributed by atoms with van der Waals surface area (Å²) in [5, 5.41) is 0.561. The van der Waals surface area contributed by atoms with E-state index in [1.165, 1.54) is 0 Å². The molecule has 1 aliphatic heterocycles. The first-order valence-electron chi connectivity index (χ1n) is 6.54. The number of carbonyl (C=O) groups is 1. The Hall–Kier alpha value is -2.11. The maximum atomic E-state index is 11.6. The number of nitrogens with two attached hydrogens (primary N) is 2. The van der Waals surface area contributed by atoms with Gasteiger partial charge in [0.2, 0.25) is 0 Å². The maximum absolute atomic E-state index is 11.6. The van der Waals surface area contributed by atoms with Crippen LogP contribution in [0.4, 0.5) is 0 Å². The van der Waals surface area contributed by atoms with Crippen LogP contribution in [0, 0.1) is 0 Å². The third kappa shape index (κ3) is 2.46. The molecule has 0 bridgehead atoms. The molecule has 1 aliphatic rings. The fraction of sp³-hybridized carbons (Fsp3) is 0.200. The van der Waals surface area contributed by atoms with Gasteiger partial charge in [0.25, 0.3) is 5.91 Å². The first-order chi connectivity index (χ1) is 10.1. The fourth-order valence-electron chi connectivity index (χ4n) is 2.52. The molecule has 6 heteroatoms. The van der Waals surface area contributed by atoms with Crippen molar-refractivity contribution < 1.29 is 9.53 Å². The molecule has 0 fully saturated rings. The van der Waals surface area contributed by atoms with E-state index in [1.54, 1.807) is 24.4 Å². The lowest BCUT2D eigenvalue weighted by Crippen LogP contribution is -2.24. The van der Waals surface area contributed by atoms with E-state index in [4.69, 9.17) is 27.8 Å². The zero-order valence-electron chi connectivity index (χ0n) is 11.2. The molecule has 0 saturated heterocycles. The second kappa shape index (κ2) is 5.35. The number of rotatable bonds is 3. The van der Waals surface area contributed by atoms with Crippen molar-refractivity contribution >= 4 is 17.5 Å². The van der Waals surface area contributed by atoms with Crippen LogP contribution in [0.3, 0.4) is 0 Å². The molecule has 4 N–H and O–H groups in total. The number of halogens is 1. The molecular weight excluding hydrogens is 290 g/mol. The molecule has 108 valence electrons. The van der Waals surface area contributed by atoms with Gasteiger partial charge >= 0.3 is 0 Å². The fourth-order valence-corrected chi connectivity index (χ4v) is 2.76. The Bertz CT molecular complexity index is 718. The van der Waals surface area contributed by atoms with E-state index in [0.717, 1.165) is 5.56 Å². The Balaban J connectivity index is 2.19. The van der Waals surface area contributed by atoms with Crippen LogP contribution >= 0.6 is 11.6 Å². The largest absolute Gasteiger partial charge is 0.488 e. The molecular formula is C15H14ClN3O2. The van der Waals surface area contributed by atoms with Crippen molar-refractivity contribution in [2.75, 3.05) is 6.54 Å². The highest BCUT2D eigenvalue weighted by molar-refractivity contribution is 6.31. The van der Waals surface area contributed by atoms with Gasteiger partial charge in [0, 0.05) is 35.3 Å². The molecule has 2 aromatic rings. The average Bonchev–Trinajstić information content (AvgIpc) is 2.89. The normalized spacial score (nSPS) is 16.4. The average molecular weight is 304 g/mol. The summed E-state index contributed by atoms with van der Waals surface area (Å²) in [5.41, 5.74) is 13.5. The van der Waals surface area contributed by atoms with Gasteiger partial charge in [-0.2, -0.15) is 0 Å². The standard InChI is InChI=1S/C15H14ClN3O2/c16-9-4-8-5-10(7-17)21-14(8)12(6-9)13-11(15(18)20)2-1-3-19-13/h1-4,6,10H,5,7,17H2,(H2,18,20). The Morgan fingerprint density at radius 2 is 2.29 bits per heavy atom. The number of primary amides is 1. The molecule has 0 saturated carbocycles. The Labute approximate surface area is 126 Å². The second-order valence-corrected chi connectivity index (χ2v) is 5.32. The van der Waals surface area contributed by atoms with E-state index in [1.807, 2.05) is 6.07 Å². The van der Waals surface area contributed by atoms with Crippen LogP contribution in [-0.2, 0) is 6.42 Å². The molecule has 5 nitrogen and oxygen atoms in total. The molecule has 0 spiro atoms. The van der Waals surface area contributed by atoms with E-state index in [0.29, 0.717) is 40.6 Å². The number of fused-ring (bicyclic) bond motifs is 1. The van der Waals surface area contributed by atoms with Crippen LogP contribution in [0.25, 0.3) is 11.3 Å². The van der Waals surface area contributed by atoms with Crippen molar-refractivity contribution in [2.24, 2.45) is 11.5 Å². The third-order valence-electron chi connectivity index (χ3n) is 3.45. The first kappa shape index (κ1) is 13.9. The van der Waals surface area contributed by atoms with Gasteiger partial charge in [-0.25, -0.2) is 0 Å². The van der Waals surface area contributed by atoms with E-state index < -0.39 is 5.91 Å². The summed E-state index contributed by atoms with van der Waals surface area (Å²) >= 11 is 6.17. The van der Waals surface area contributed by atoms with Crippen LogP contribution in [0.1, 0.15) is 15.9 Å². The van der Waals surface area contributed by atoms with Gasteiger partial charge in [-0.1, -0.05) is 11.6 Å². The molecule has 1 aromatic carbocycles. The van der Waals surface area contributed by atoms with Crippen LogP contribution < -0.4 is 16.2 Å². The Kier molecular flexibility index (Phi) is 3.53. The monoisotopic (exact) mass is 303 g/mol. The lowest BCUT2D eigenvalue weighted by atomic mass is 10.0. The van der Waals surface area contributed by atoms with Crippen molar-refractivity contribution in [2.45, 2.75) is 12.5 Å². The summed E-state index contributed by atoms with van der Waals surface area (Å²) in [4.78, 5) is 15.9. The molecule has 0 aliphatic carbocycles. The lowest BCUT2D eigenvalue weighted by molar-refractivity contribution is 0.100. The van der Waals surface area contributed by atoms with Gasteiger partial charge in [0.05, 0.1) is 11.3 Å². The molecule has 1 aromatic heterocycles. The smallest absolute Gasteiger partial charge is 0.250 e. The summed E-state index contributed by atoms with van der Waals surface area (Å²) in [6.07, 6.45) is 2.21. The highest BCUT2D eigenvalue weighted by Gasteiger charge is 2.27. The SMILES string of the molecule is NCC1Cc2cc(Cl)cc(-c3ncccc3C(N)=O)c2O1. The minimum atomic E-state index is -0.541. The van der Waals surface area contributed by atoms with E-state index in [9.17, 15) is 4.79 Å². The molecule has 1 atom stereocenters. The third-order valence-corrected chi connectivity index (χ3v) is 3.67. The molecule has 3 rings (SSSR count). The summed E-state index contributed by atoms with van der Waals surface area (Å²) in [5.74, 6) is 0.135. The number of nitrogens with zero attached hydrogens (tertiary/aromatic N) is 1. The number of hydrogen-bond acceptors (Lipinski definition) is 4. The summed E-state index contributed by atoms with van der Waals surface area (Å²) < 4.78 is 5.86. The second-order valence-electron chi connectivity index (χ2n) is 4.89. The number of pyridine rings is 1. The van der Waals surface area contributed by atoms with Crippen LogP contribution in [0.15, 0.2) is 30.5 Å². The quantitative estimate of drug-likeness (QED) is 0.904. The van der Waals surface area contributed by atoms with Gasteiger partial charge in [0.15, 0.2) is 0 Å². The van der Waals surface area contributed by atoms with Gasteiger partial charge in [-0.3, -0.25) is 9.78 Å².